The number of hydrogen-bond acceptors (Lipinski definition) is 10. The number of thioether (sulfide) groups is 1. The first-order valence-electron chi connectivity index (χ1n) is 13.0. The van der Waals surface area contributed by atoms with Crippen molar-refractivity contribution in [1.29, 1.82) is 0 Å². The number of alkyl carbamates (subject to hydrolysis) is 1. The Kier molecular flexibility index (Phi) is 11.0. The third-order valence-corrected chi connectivity index (χ3v) is 7.86. The van der Waals surface area contributed by atoms with Gasteiger partial charge in [0, 0.05) is 24.4 Å². The van der Waals surface area contributed by atoms with E-state index < -0.39 is 11.7 Å². The van der Waals surface area contributed by atoms with Crippen LogP contribution in [0.3, 0.4) is 0 Å². The molecule has 38 heavy (non-hydrogen) atoms. The van der Waals surface area contributed by atoms with E-state index in [0.717, 1.165) is 42.4 Å². The van der Waals surface area contributed by atoms with E-state index in [-0.39, 0.29) is 17.2 Å². The SMILES string of the molecule is CC(C)(C)OC(=O)NCCOCCN1CCC(C(=O)Nc2ncc(SCc3ncc(C(C)(C)C)o3)s2)CC1. The van der Waals surface area contributed by atoms with Gasteiger partial charge in [0.1, 0.15) is 11.4 Å². The average Bonchev–Trinajstić information content (AvgIpc) is 3.48. The van der Waals surface area contributed by atoms with Crippen LogP contribution in [0, 0.1) is 5.92 Å². The number of nitrogens with zero attached hydrogens (tertiary/aromatic N) is 3. The van der Waals surface area contributed by atoms with Gasteiger partial charge in [0.25, 0.3) is 0 Å². The molecule has 0 saturated carbocycles. The minimum Gasteiger partial charge on any atom is -0.444 e. The molecule has 3 heterocycles. The maximum Gasteiger partial charge on any atom is 0.407 e. The molecule has 0 unspecified atom stereocenters. The van der Waals surface area contributed by atoms with Gasteiger partial charge in [-0.1, -0.05) is 32.1 Å². The Morgan fingerprint density at radius 2 is 1.87 bits per heavy atom. The predicted octanol–water partition coefficient (Wildman–Crippen LogP) is 4.91. The van der Waals surface area contributed by atoms with Crippen molar-refractivity contribution in [2.75, 3.05) is 44.7 Å². The minimum absolute atomic E-state index is 0.0201. The fourth-order valence-electron chi connectivity index (χ4n) is 3.70. The van der Waals surface area contributed by atoms with Crippen molar-refractivity contribution >= 4 is 40.2 Å². The molecule has 0 bridgehead atoms. The number of aromatic nitrogens is 2. The lowest BCUT2D eigenvalue weighted by Gasteiger charge is -2.30. The molecule has 2 amide bonds. The molecule has 2 aromatic rings. The lowest BCUT2D eigenvalue weighted by molar-refractivity contribution is -0.121. The molecule has 1 aliphatic heterocycles. The molecule has 12 heteroatoms. The van der Waals surface area contributed by atoms with Crippen LogP contribution in [0.4, 0.5) is 9.93 Å². The van der Waals surface area contributed by atoms with Crippen LogP contribution >= 0.6 is 23.1 Å². The van der Waals surface area contributed by atoms with Gasteiger partial charge in [-0.2, -0.15) is 0 Å². The fourth-order valence-corrected chi connectivity index (χ4v) is 5.43. The molecule has 1 fully saturated rings. The minimum atomic E-state index is -0.508. The first-order chi connectivity index (χ1) is 17.9. The zero-order valence-electron chi connectivity index (χ0n) is 23.3. The van der Waals surface area contributed by atoms with Crippen LogP contribution in [0.5, 0.6) is 0 Å². The number of carbonyl (C=O) groups excluding carboxylic acids is 2. The summed E-state index contributed by atoms with van der Waals surface area (Å²) in [6.07, 6.45) is 4.75. The number of nitrogens with one attached hydrogen (secondary N) is 2. The summed E-state index contributed by atoms with van der Waals surface area (Å²) in [5.74, 6) is 2.19. The molecule has 1 saturated heterocycles. The fraction of sp³-hybridized carbons (Fsp3) is 0.692. The molecular formula is C26H41N5O5S2. The highest BCUT2D eigenvalue weighted by molar-refractivity contribution is 8.00. The van der Waals surface area contributed by atoms with Crippen molar-refractivity contribution in [1.82, 2.24) is 20.2 Å². The van der Waals surface area contributed by atoms with Crippen LogP contribution in [0.2, 0.25) is 0 Å². The highest BCUT2D eigenvalue weighted by Gasteiger charge is 2.25. The topological polar surface area (TPSA) is 119 Å². The third-order valence-electron chi connectivity index (χ3n) is 5.77. The molecular weight excluding hydrogens is 526 g/mol. The van der Waals surface area contributed by atoms with Gasteiger partial charge in [0.2, 0.25) is 11.8 Å². The molecule has 0 aliphatic carbocycles. The Morgan fingerprint density at radius 3 is 2.53 bits per heavy atom. The number of likely N-dealkylation sites (tertiary alicyclic amines) is 1. The van der Waals surface area contributed by atoms with Crippen LogP contribution in [-0.2, 0) is 25.4 Å². The third kappa shape index (κ3) is 10.5. The zero-order valence-corrected chi connectivity index (χ0v) is 24.9. The number of thiazole rings is 1. The Bertz CT molecular complexity index is 1040. The van der Waals surface area contributed by atoms with Crippen LogP contribution in [-0.4, -0.2) is 71.9 Å². The van der Waals surface area contributed by atoms with Crippen LogP contribution in [0.1, 0.15) is 66.0 Å². The van der Waals surface area contributed by atoms with Gasteiger partial charge in [-0.05, 0) is 46.7 Å². The first-order valence-corrected chi connectivity index (χ1v) is 14.8. The summed E-state index contributed by atoms with van der Waals surface area (Å²) < 4.78 is 17.7. The molecule has 2 N–H and O–H groups in total. The van der Waals surface area contributed by atoms with Crippen molar-refractivity contribution < 1.29 is 23.5 Å². The second-order valence-corrected chi connectivity index (χ2v) is 13.6. The Balaban J connectivity index is 1.28. The lowest BCUT2D eigenvalue weighted by atomic mass is 9.94. The number of oxazole rings is 1. The second-order valence-electron chi connectivity index (χ2n) is 11.3. The van der Waals surface area contributed by atoms with Gasteiger partial charge < -0.3 is 29.4 Å². The number of anilines is 1. The van der Waals surface area contributed by atoms with Crippen molar-refractivity contribution in [2.45, 2.75) is 75.4 Å². The van der Waals surface area contributed by atoms with Gasteiger partial charge in [-0.25, -0.2) is 14.8 Å². The summed E-state index contributed by atoms with van der Waals surface area (Å²) in [6.45, 7) is 15.7. The highest BCUT2D eigenvalue weighted by Crippen LogP contribution is 2.32. The van der Waals surface area contributed by atoms with E-state index in [4.69, 9.17) is 13.9 Å². The largest absolute Gasteiger partial charge is 0.444 e. The van der Waals surface area contributed by atoms with Gasteiger partial charge >= 0.3 is 6.09 Å². The average molecular weight is 568 g/mol. The van der Waals surface area contributed by atoms with Crippen molar-refractivity contribution in [2.24, 2.45) is 5.92 Å². The summed E-state index contributed by atoms with van der Waals surface area (Å²) in [5, 5.41) is 6.29. The Hall–Kier alpha value is -2.15. The van der Waals surface area contributed by atoms with E-state index >= 15 is 0 Å². The number of ether oxygens (including phenoxy) is 2. The number of amides is 2. The van der Waals surface area contributed by atoms with E-state index in [1.54, 1.807) is 24.2 Å². The highest BCUT2D eigenvalue weighted by atomic mass is 32.2. The Morgan fingerprint density at radius 1 is 1.13 bits per heavy atom. The standard InChI is InChI=1S/C26H41N5O5S2/c1-25(2,3)19-15-28-20(35-19)17-37-21-16-29-23(38-21)30-22(32)18-7-10-31(11-8-18)12-14-34-13-9-27-24(33)36-26(4,5)6/h15-16,18H,7-14,17H2,1-6H3,(H,27,33)(H,29,30,32). The quantitative estimate of drug-likeness (QED) is 0.288. The van der Waals surface area contributed by atoms with E-state index in [1.807, 2.05) is 20.8 Å². The Labute approximate surface area is 233 Å². The normalized spacial score (nSPS) is 15.4. The smallest absolute Gasteiger partial charge is 0.407 e. The van der Waals surface area contributed by atoms with Crippen molar-refractivity contribution in [3.63, 3.8) is 0 Å². The summed E-state index contributed by atoms with van der Waals surface area (Å²) in [6, 6.07) is 0. The number of rotatable bonds is 11. The molecule has 3 rings (SSSR count). The molecule has 10 nitrogen and oxygen atoms in total. The van der Waals surface area contributed by atoms with E-state index in [2.05, 4.69) is 46.3 Å². The number of carbonyl (C=O) groups is 2. The van der Waals surface area contributed by atoms with E-state index in [1.165, 1.54) is 11.3 Å². The van der Waals surface area contributed by atoms with Gasteiger partial charge in [-0.15, -0.1) is 11.8 Å². The molecule has 0 aromatic carbocycles. The van der Waals surface area contributed by atoms with E-state index in [0.29, 0.717) is 36.5 Å². The second kappa shape index (κ2) is 13.8. The first kappa shape index (κ1) is 30.4. The summed E-state index contributed by atoms with van der Waals surface area (Å²) in [7, 11) is 0. The summed E-state index contributed by atoms with van der Waals surface area (Å²) >= 11 is 3.07. The maximum absolute atomic E-state index is 12.8. The van der Waals surface area contributed by atoms with Gasteiger partial charge in [0.15, 0.2) is 5.13 Å². The molecule has 212 valence electrons. The van der Waals surface area contributed by atoms with Crippen LogP contribution in [0.15, 0.2) is 21.0 Å². The van der Waals surface area contributed by atoms with E-state index in [9.17, 15) is 9.59 Å². The molecule has 2 aromatic heterocycles. The molecule has 0 spiro atoms. The van der Waals surface area contributed by atoms with Gasteiger partial charge in [-0.3, -0.25) is 4.79 Å². The zero-order chi connectivity index (χ0) is 27.8. The summed E-state index contributed by atoms with van der Waals surface area (Å²) in [5.41, 5.74) is -0.574. The summed E-state index contributed by atoms with van der Waals surface area (Å²) in [4.78, 5) is 35.4. The number of piperidine rings is 1. The lowest BCUT2D eigenvalue weighted by Crippen LogP contribution is -2.40. The van der Waals surface area contributed by atoms with Crippen LogP contribution < -0.4 is 10.6 Å². The number of hydrogen-bond donors (Lipinski definition) is 2. The van der Waals surface area contributed by atoms with Crippen LogP contribution in [0.25, 0.3) is 0 Å². The molecule has 0 radical (unpaired) electrons. The van der Waals surface area contributed by atoms with Gasteiger partial charge in [0.05, 0.1) is 35.6 Å². The maximum atomic E-state index is 12.8. The van der Waals surface area contributed by atoms with Crippen molar-refractivity contribution in [3.05, 3.63) is 24.0 Å². The molecule has 0 atom stereocenters. The molecule has 1 aliphatic rings. The predicted molar refractivity (Wildman–Crippen MR) is 150 cm³/mol. The van der Waals surface area contributed by atoms with Crippen molar-refractivity contribution in [3.8, 4) is 0 Å². The monoisotopic (exact) mass is 567 g/mol.